The first-order valence-electron chi connectivity index (χ1n) is 4.97. The van der Waals surface area contributed by atoms with Crippen LogP contribution in [-0.2, 0) is 5.41 Å². The SMILES string of the molecule is CC1N(C)c2cc(Cl)ccc2C1(C)C. The van der Waals surface area contributed by atoms with Crippen molar-refractivity contribution < 1.29 is 0 Å². The van der Waals surface area contributed by atoms with Crippen molar-refractivity contribution in [1.29, 1.82) is 0 Å². The predicted molar refractivity (Wildman–Crippen MR) is 62.3 cm³/mol. The normalized spacial score (nSPS) is 23.8. The Morgan fingerprint density at radius 3 is 2.64 bits per heavy atom. The molecule has 1 aromatic rings. The van der Waals surface area contributed by atoms with Gasteiger partial charge in [-0.05, 0) is 24.6 Å². The molecule has 0 spiro atoms. The largest absolute Gasteiger partial charge is 0.371 e. The van der Waals surface area contributed by atoms with Gasteiger partial charge in [0, 0.05) is 29.2 Å². The Hall–Kier alpha value is -0.690. The highest BCUT2D eigenvalue weighted by molar-refractivity contribution is 6.30. The Morgan fingerprint density at radius 1 is 1.36 bits per heavy atom. The van der Waals surface area contributed by atoms with E-state index in [1.165, 1.54) is 11.3 Å². The second-order valence-corrected chi connectivity index (χ2v) is 5.11. The lowest BCUT2D eigenvalue weighted by molar-refractivity contribution is 0.454. The smallest absolute Gasteiger partial charge is 0.0426 e. The maximum atomic E-state index is 6.00. The van der Waals surface area contributed by atoms with Crippen LogP contribution in [0.15, 0.2) is 18.2 Å². The number of nitrogens with zero attached hydrogens (tertiary/aromatic N) is 1. The maximum Gasteiger partial charge on any atom is 0.0426 e. The third kappa shape index (κ3) is 1.15. The highest BCUT2D eigenvalue weighted by atomic mass is 35.5. The summed E-state index contributed by atoms with van der Waals surface area (Å²) in [6, 6.07) is 6.71. The van der Waals surface area contributed by atoms with Gasteiger partial charge in [-0.15, -0.1) is 0 Å². The number of benzene rings is 1. The number of likely N-dealkylation sites (N-methyl/N-ethyl adjacent to an activating group) is 1. The second-order valence-electron chi connectivity index (χ2n) is 4.67. The van der Waals surface area contributed by atoms with E-state index in [0.717, 1.165) is 5.02 Å². The van der Waals surface area contributed by atoms with Crippen LogP contribution >= 0.6 is 11.6 Å². The molecule has 1 unspecified atom stereocenters. The van der Waals surface area contributed by atoms with Gasteiger partial charge in [0.2, 0.25) is 0 Å². The van der Waals surface area contributed by atoms with Crippen LogP contribution in [0.3, 0.4) is 0 Å². The van der Waals surface area contributed by atoms with Crippen molar-refractivity contribution in [1.82, 2.24) is 0 Å². The molecule has 0 bridgehead atoms. The number of rotatable bonds is 0. The summed E-state index contributed by atoms with van der Waals surface area (Å²) in [5, 5.41) is 0.820. The molecule has 1 nitrogen and oxygen atoms in total. The van der Waals surface area contributed by atoms with Gasteiger partial charge in [0.15, 0.2) is 0 Å². The molecule has 0 fully saturated rings. The summed E-state index contributed by atoms with van der Waals surface area (Å²) in [7, 11) is 2.13. The third-order valence-electron chi connectivity index (χ3n) is 3.66. The highest BCUT2D eigenvalue weighted by Gasteiger charge is 2.39. The van der Waals surface area contributed by atoms with Crippen LogP contribution in [0.4, 0.5) is 5.69 Å². The fraction of sp³-hybridized carbons (Fsp3) is 0.500. The van der Waals surface area contributed by atoms with Crippen molar-refractivity contribution in [3.05, 3.63) is 28.8 Å². The molecule has 0 radical (unpaired) electrons. The first-order valence-corrected chi connectivity index (χ1v) is 5.35. The minimum atomic E-state index is 0.217. The van der Waals surface area contributed by atoms with Crippen molar-refractivity contribution >= 4 is 17.3 Å². The van der Waals surface area contributed by atoms with Crippen molar-refractivity contribution in [3.8, 4) is 0 Å². The highest BCUT2D eigenvalue weighted by Crippen LogP contribution is 2.44. The zero-order valence-corrected chi connectivity index (χ0v) is 9.89. The fourth-order valence-corrected chi connectivity index (χ4v) is 2.43. The van der Waals surface area contributed by atoms with Gasteiger partial charge in [-0.1, -0.05) is 31.5 Å². The van der Waals surface area contributed by atoms with E-state index in [9.17, 15) is 0 Å². The van der Waals surface area contributed by atoms with Crippen LogP contribution in [0.2, 0.25) is 5.02 Å². The first-order chi connectivity index (χ1) is 6.44. The van der Waals surface area contributed by atoms with Gasteiger partial charge in [-0.3, -0.25) is 0 Å². The summed E-state index contributed by atoms with van der Waals surface area (Å²) < 4.78 is 0. The van der Waals surface area contributed by atoms with Crippen LogP contribution in [0.1, 0.15) is 26.3 Å². The molecular weight excluding hydrogens is 194 g/mol. The quantitative estimate of drug-likeness (QED) is 0.633. The van der Waals surface area contributed by atoms with Crippen molar-refractivity contribution in [2.75, 3.05) is 11.9 Å². The first kappa shape index (κ1) is 9.85. The summed E-state index contributed by atoms with van der Waals surface area (Å²) in [5.41, 5.74) is 2.89. The molecule has 0 N–H and O–H groups in total. The monoisotopic (exact) mass is 209 g/mol. The number of hydrogen-bond donors (Lipinski definition) is 0. The summed E-state index contributed by atoms with van der Waals surface area (Å²) in [4.78, 5) is 2.31. The van der Waals surface area contributed by atoms with E-state index >= 15 is 0 Å². The standard InChI is InChI=1S/C12H16ClN/c1-8-12(2,3)10-6-5-9(13)7-11(10)14(8)4/h5-8H,1-4H3. The molecule has 0 amide bonds. The zero-order chi connectivity index (χ0) is 10.5. The topological polar surface area (TPSA) is 3.24 Å². The van der Waals surface area contributed by atoms with Gasteiger partial charge in [-0.2, -0.15) is 0 Å². The van der Waals surface area contributed by atoms with Crippen molar-refractivity contribution in [2.24, 2.45) is 0 Å². The van der Waals surface area contributed by atoms with Gasteiger partial charge >= 0.3 is 0 Å². The molecule has 0 aromatic heterocycles. The van der Waals surface area contributed by atoms with Gasteiger partial charge in [-0.25, -0.2) is 0 Å². The molecule has 0 saturated heterocycles. The van der Waals surface area contributed by atoms with Gasteiger partial charge < -0.3 is 4.90 Å². The van der Waals surface area contributed by atoms with Crippen LogP contribution in [0.5, 0.6) is 0 Å². The fourth-order valence-electron chi connectivity index (χ4n) is 2.26. The van der Waals surface area contributed by atoms with Gasteiger partial charge in [0.05, 0.1) is 0 Å². The van der Waals surface area contributed by atoms with E-state index in [4.69, 9.17) is 11.6 Å². The van der Waals surface area contributed by atoms with Crippen LogP contribution < -0.4 is 4.90 Å². The molecule has 0 saturated carbocycles. The Kier molecular flexibility index (Phi) is 2.04. The summed E-state index contributed by atoms with van der Waals surface area (Å²) in [5.74, 6) is 0. The molecule has 0 aliphatic carbocycles. The second kappa shape index (κ2) is 2.90. The summed E-state index contributed by atoms with van der Waals surface area (Å²) in [6.45, 7) is 6.83. The van der Waals surface area contributed by atoms with E-state index in [1.54, 1.807) is 0 Å². The van der Waals surface area contributed by atoms with E-state index < -0.39 is 0 Å². The summed E-state index contributed by atoms with van der Waals surface area (Å²) in [6.07, 6.45) is 0. The zero-order valence-electron chi connectivity index (χ0n) is 9.13. The lowest BCUT2D eigenvalue weighted by Gasteiger charge is -2.28. The third-order valence-corrected chi connectivity index (χ3v) is 3.89. The van der Waals surface area contributed by atoms with Crippen molar-refractivity contribution in [3.63, 3.8) is 0 Å². The Morgan fingerprint density at radius 2 is 2.00 bits per heavy atom. The predicted octanol–water partition coefficient (Wildman–Crippen LogP) is 3.46. The van der Waals surface area contributed by atoms with E-state index in [0.29, 0.717) is 6.04 Å². The van der Waals surface area contributed by atoms with E-state index in [2.05, 4.69) is 44.9 Å². The van der Waals surface area contributed by atoms with Crippen molar-refractivity contribution in [2.45, 2.75) is 32.2 Å². The average Bonchev–Trinajstić information content (AvgIpc) is 2.28. The van der Waals surface area contributed by atoms with Crippen LogP contribution in [0.25, 0.3) is 0 Å². The Labute approximate surface area is 90.7 Å². The minimum absolute atomic E-state index is 0.217. The van der Waals surface area contributed by atoms with E-state index in [1.807, 2.05) is 6.07 Å². The molecule has 2 rings (SSSR count). The number of fused-ring (bicyclic) bond motifs is 1. The molecular formula is C12H16ClN. The molecule has 1 aliphatic heterocycles. The van der Waals surface area contributed by atoms with Gasteiger partial charge in [0.1, 0.15) is 0 Å². The molecule has 1 heterocycles. The molecule has 76 valence electrons. The lowest BCUT2D eigenvalue weighted by Crippen LogP contribution is -2.36. The van der Waals surface area contributed by atoms with Gasteiger partial charge in [0.25, 0.3) is 0 Å². The number of anilines is 1. The Balaban J connectivity index is 2.62. The Bertz CT molecular complexity index is 371. The molecule has 1 aromatic carbocycles. The molecule has 2 heteroatoms. The number of halogens is 1. The number of hydrogen-bond acceptors (Lipinski definition) is 1. The summed E-state index contributed by atoms with van der Waals surface area (Å²) >= 11 is 6.00. The minimum Gasteiger partial charge on any atom is -0.371 e. The van der Waals surface area contributed by atoms with Crippen LogP contribution in [0, 0.1) is 0 Å². The van der Waals surface area contributed by atoms with E-state index in [-0.39, 0.29) is 5.41 Å². The maximum absolute atomic E-state index is 6.00. The molecule has 1 atom stereocenters. The molecule has 1 aliphatic rings. The lowest BCUT2D eigenvalue weighted by atomic mass is 9.81. The average molecular weight is 210 g/mol. The van der Waals surface area contributed by atoms with Crippen LogP contribution in [-0.4, -0.2) is 13.1 Å². The molecule has 14 heavy (non-hydrogen) atoms.